The summed E-state index contributed by atoms with van der Waals surface area (Å²) < 4.78 is 0. The van der Waals surface area contributed by atoms with Crippen molar-refractivity contribution in [3.8, 4) is 0 Å². The summed E-state index contributed by atoms with van der Waals surface area (Å²) >= 11 is 0. The van der Waals surface area contributed by atoms with Crippen molar-refractivity contribution in [2.75, 3.05) is 0 Å². The van der Waals surface area contributed by atoms with Crippen LogP contribution in [-0.4, -0.2) is 0 Å². The predicted molar refractivity (Wildman–Crippen MR) is 38.4 cm³/mol. The van der Waals surface area contributed by atoms with E-state index in [1.165, 1.54) is 25.5 Å². The van der Waals surface area contributed by atoms with Crippen LogP contribution in [0.5, 0.6) is 0 Å². The van der Waals surface area contributed by atoms with Crippen molar-refractivity contribution in [3.63, 3.8) is 0 Å². The summed E-state index contributed by atoms with van der Waals surface area (Å²) in [6.07, 6.45) is 8.30. The number of nitrogens with one attached hydrogen (secondary N) is 1. The molecule has 2 heteroatoms. The summed E-state index contributed by atoms with van der Waals surface area (Å²) in [6, 6.07) is 0. The van der Waals surface area contributed by atoms with Crippen LogP contribution >= 0.6 is 0 Å². The van der Waals surface area contributed by atoms with Gasteiger partial charge in [0.25, 0.3) is 0 Å². The molecule has 0 aliphatic heterocycles. The lowest BCUT2D eigenvalue weighted by Crippen LogP contribution is -1.69. The second-order valence-corrected chi connectivity index (χ2v) is 2.01. The zero-order valence-electron chi connectivity index (χ0n) is 5.93. The van der Waals surface area contributed by atoms with Gasteiger partial charge in [-0.1, -0.05) is 25.8 Å². The highest BCUT2D eigenvalue weighted by molar-refractivity contribution is 4.76. The van der Waals surface area contributed by atoms with Gasteiger partial charge in [-0.3, -0.25) is 0 Å². The van der Waals surface area contributed by atoms with E-state index in [0.29, 0.717) is 0 Å². The van der Waals surface area contributed by atoms with Crippen LogP contribution in [0.1, 0.15) is 32.6 Å². The van der Waals surface area contributed by atoms with E-state index in [2.05, 4.69) is 12.0 Å². The first kappa shape index (κ1) is 8.34. The van der Waals surface area contributed by atoms with Crippen LogP contribution in [0.4, 0.5) is 0 Å². The van der Waals surface area contributed by atoms with Gasteiger partial charge in [0.1, 0.15) is 0 Å². The summed E-state index contributed by atoms with van der Waals surface area (Å²) in [5.41, 5.74) is 6.42. The lowest BCUT2D eigenvalue weighted by Gasteiger charge is -1.88. The largest absolute Gasteiger partial charge is 0.205 e. The van der Waals surface area contributed by atoms with Crippen LogP contribution in [0.15, 0.2) is 17.4 Å². The normalized spacial score (nSPS) is 10.3. The molecule has 0 fully saturated rings. The third kappa shape index (κ3) is 7.34. The van der Waals surface area contributed by atoms with Crippen molar-refractivity contribution in [3.05, 3.63) is 12.3 Å². The van der Waals surface area contributed by atoms with E-state index >= 15 is 0 Å². The lowest BCUT2D eigenvalue weighted by molar-refractivity contribution is 0.728. The second-order valence-electron chi connectivity index (χ2n) is 2.01. The van der Waals surface area contributed by atoms with Gasteiger partial charge in [-0.15, -0.1) is 0 Å². The number of hydrogen-bond acceptors (Lipinski definition) is 2. The van der Waals surface area contributed by atoms with E-state index in [0.717, 1.165) is 6.42 Å². The topological polar surface area (TPSA) is 36.2 Å². The average molecular weight is 126 g/mol. The molecule has 0 bridgehead atoms. The number of rotatable bonds is 5. The molecule has 0 aliphatic rings. The molecule has 0 amide bonds. The summed E-state index contributed by atoms with van der Waals surface area (Å²) in [5.74, 6) is 0. The van der Waals surface area contributed by atoms with Crippen LogP contribution in [0, 0.1) is 5.53 Å². The van der Waals surface area contributed by atoms with Crippen LogP contribution < -0.4 is 0 Å². The van der Waals surface area contributed by atoms with Gasteiger partial charge in [0.15, 0.2) is 0 Å². The van der Waals surface area contributed by atoms with Gasteiger partial charge in [0.05, 0.1) is 0 Å². The van der Waals surface area contributed by atoms with Crippen molar-refractivity contribution < 1.29 is 0 Å². The molecule has 0 radical (unpaired) electrons. The van der Waals surface area contributed by atoms with E-state index < -0.39 is 0 Å². The zero-order chi connectivity index (χ0) is 6.95. The SMILES string of the molecule is CCCCC/C=C/N=N. The predicted octanol–water partition coefficient (Wildman–Crippen LogP) is 3.11. The molecule has 0 saturated carbocycles. The molecule has 0 aromatic carbocycles. The molecule has 1 N–H and O–H groups in total. The van der Waals surface area contributed by atoms with E-state index in [1.807, 2.05) is 6.08 Å². The Kier molecular flexibility index (Phi) is 6.80. The Hall–Kier alpha value is -0.660. The maximum atomic E-state index is 6.42. The molecule has 0 rings (SSSR count). The summed E-state index contributed by atoms with van der Waals surface area (Å²) in [7, 11) is 0. The van der Waals surface area contributed by atoms with Crippen LogP contribution in [-0.2, 0) is 0 Å². The van der Waals surface area contributed by atoms with Crippen molar-refractivity contribution in [2.45, 2.75) is 32.6 Å². The molecule has 52 valence electrons. The monoisotopic (exact) mass is 126 g/mol. The Morgan fingerprint density at radius 1 is 1.44 bits per heavy atom. The number of nitrogens with zero attached hydrogens (tertiary/aromatic N) is 1. The van der Waals surface area contributed by atoms with Crippen LogP contribution in [0.2, 0.25) is 0 Å². The Labute approximate surface area is 56.5 Å². The van der Waals surface area contributed by atoms with Gasteiger partial charge >= 0.3 is 0 Å². The third-order valence-corrected chi connectivity index (χ3v) is 1.15. The number of hydrogen-bond donors (Lipinski definition) is 1. The molecule has 0 spiro atoms. The van der Waals surface area contributed by atoms with Gasteiger partial charge in [0, 0.05) is 6.20 Å². The summed E-state index contributed by atoms with van der Waals surface area (Å²) in [6.45, 7) is 2.18. The highest BCUT2D eigenvalue weighted by Gasteiger charge is 1.79. The van der Waals surface area contributed by atoms with Gasteiger partial charge in [-0.05, 0) is 12.8 Å². The Morgan fingerprint density at radius 3 is 2.78 bits per heavy atom. The molecule has 2 nitrogen and oxygen atoms in total. The Bertz CT molecular complexity index is 86.9. The van der Waals surface area contributed by atoms with Crippen LogP contribution in [0.3, 0.4) is 0 Å². The Balaban J connectivity index is 2.90. The quantitative estimate of drug-likeness (QED) is 0.434. The summed E-state index contributed by atoms with van der Waals surface area (Å²) in [5, 5.41) is 3.10. The van der Waals surface area contributed by atoms with Gasteiger partial charge in [0.2, 0.25) is 0 Å². The highest BCUT2D eigenvalue weighted by Crippen LogP contribution is 1.98. The highest BCUT2D eigenvalue weighted by atomic mass is 14.9. The Morgan fingerprint density at radius 2 is 2.22 bits per heavy atom. The summed E-state index contributed by atoms with van der Waals surface area (Å²) in [4.78, 5) is 0. The van der Waals surface area contributed by atoms with Crippen molar-refractivity contribution in [1.29, 1.82) is 5.53 Å². The fourth-order valence-electron chi connectivity index (χ4n) is 0.639. The first-order valence-electron chi connectivity index (χ1n) is 3.43. The molecule has 9 heavy (non-hydrogen) atoms. The van der Waals surface area contributed by atoms with Gasteiger partial charge < -0.3 is 0 Å². The van der Waals surface area contributed by atoms with E-state index in [9.17, 15) is 0 Å². The molecule has 0 aliphatic carbocycles. The maximum Gasteiger partial charge on any atom is 0.0448 e. The standard InChI is InChI=1S/C7H14N2/c1-2-3-4-5-6-7-9-8/h6-8H,2-5H2,1H3/b7-6+,9-8?. The van der Waals surface area contributed by atoms with Crippen molar-refractivity contribution in [2.24, 2.45) is 5.11 Å². The van der Waals surface area contributed by atoms with Crippen molar-refractivity contribution in [1.82, 2.24) is 0 Å². The molecular weight excluding hydrogens is 112 g/mol. The molecule has 0 unspecified atom stereocenters. The molecule has 0 atom stereocenters. The van der Waals surface area contributed by atoms with E-state index in [1.54, 1.807) is 0 Å². The second kappa shape index (κ2) is 7.34. The molecule has 0 aromatic heterocycles. The molecule has 0 heterocycles. The number of unbranched alkanes of at least 4 members (excludes halogenated alkanes) is 3. The maximum absolute atomic E-state index is 6.42. The molecule has 0 saturated heterocycles. The first-order valence-corrected chi connectivity index (χ1v) is 3.43. The molecular formula is C7H14N2. The molecule has 0 aromatic rings. The average Bonchev–Trinajstić information content (AvgIpc) is 1.89. The van der Waals surface area contributed by atoms with Crippen molar-refractivity contribution >= 4 is 0 Å². The third-order valence-electron chi connectivity index (χ3n) is 1.15. The van der Waals surface area contributed by atoms with Gasteiger partial charge in [-0.2, -0.15) is 5.11 Å². The smallest absolute Gasteiger partial charge is 0.0448 e. The minimum Gasteiger partial charge on any atom is -0.205 e. The fourth-order valence-corrected chi connectivity index (χ4v) is 0.639. The van der Waals surface area contributed by atoms with Gasteiger partial charge in [-0.25, -0.2) is 5.53 Å². The minimum atomic E-state index is 1.07. The zero-order valence-corrected chi connectivity index (χ0v) is 5.93. The van der Waals surface area contributed by atoms with E-state index in [4.69, 9.17) is 5.53 Å². The minimum absolute atomic E-state index is 1.07. The van der Waals surface area contributed by atoms with E-state index in [-0.39, 0.29) is 0 Å². The van der Waals surface area contributed by atoms with Crippen LogP contribution in [0.25, 0.3) is 0 Å². The first-order chi connectivity index (χ1) is 4.41. The fraction of sp³-hybridized carbons (Fsp3) is 0.714. The number of allylic oxidation sites excluding steroid dienone is 1. The lowest BCUT2D eigenvalue weighted by atomic mass is 10.2.